The smallest absolute Gasteiger partial charge is 0.408 e. The van der Waals surface area contributed by atoms with Gasteiger partial charge in [0.1, 0.15) is 0 Å². The standard InChI is InChI=1S/C17H19N3O4S2/c21-17-20-12-8-7-11(10-14(12)24-17)26(22,23)18-9-3-6-16-19-13-4-1-2-5-15(13)25-16/h7-8,10,18H,1-6,9H2,(H,20,21). The molecule has 2 aromatic heterocycles. The minimum absolute atomic E-state index is 0.0810. The Morgan fingerprint density at radius 2 is 2.12 bits per heavy atom. The highest BCUT2D eigenvalue weighted by Crippen LogP contribution is 2.27. The molecule has 0 unspecified atom stereocenters. The van der Waals surface area contributed by atoms with Crippen molar-refractivity contribution in [1.82, 2.24) is 14.7 Å². The lowest BCUT2D eigenvalue weighted by Gasteiger charge is -2.06. The summed E-state index contributed by atoms with van der Waals surface area (Å²) in [7, 11) is -3.64. The average molecular weight is 393 g/mol. The van der Waals surface area contributed by atoms with Crippen molar-refractivity contribution in [2.45, 2.75) is 43.4 Å². The van der Waals surface area contributed by atoms with E-state index < -0.39 is 15.8 Å². The third-order valence-corrected chi connectivity index (χ3v) is 7.13. The summed E-state index contributed by atoms with van der Waals surface area (Å²) in [5, 5.41) is 1.09. The van der Waals surface area contributed by atoms with Crippen molar-refractivity contribution in [3.63, 3.8) is 0 Å². The highest BCUT2D eigenvalue weighted by atomic mass is 32.2. The van der Waals surface area contributed by atoms with Gasteiger partial charge in [0, 0.05) is 23.9 Å². The Kier molecular flexibility index (Phi) is 4.68. The van der Waals surface area contributed by atoms with E-state index in [0.29, 0.717) is 18.5 Å². The molecule has 0 bridgehead atoms. The summed E-state index contributed by atoms with van der Waals surface area (Å²) in [6.45, 7) is 0.335. The van der Waals surface area contributed by atoms with Gasteiger partial charge in [-0.05, 0) is 44.2 Å². The van der Waals surface area contributed by atoms with E-state index in [-0.39, 0.29) is 10.5 Å². The lowest BCUT2D eigenvalue weighted by molar-refractivity contribution is 0.553. The molecule has 26 heavy (non-hydrogen) atoms. The largest absolute Gasteiger partial charge is 0.417 e. The molecule has 3 aromatic rings. The molecule has 0 saturated heterocycles. The van der Waals surface area contributed by atoms with E-state index in [1.807, 2.05) is 0 Å². The molecule has 4 rings (SSSR count). The van der Waals surface area contributed by atoms with Crippen LogP contribution in [0.2, 0.25) is 0 Å². The van der Waals surface area contributed by atoms with Gasteiger partial charge in [-0.1, -0.05) is 0 Å². The number of thiazole rings is 1. The van der Waals surface area contributed by atoms with Crippen molar-refractivity contribution in [3.8, 4) is 0 Å². The molecule has 0 atom stereocenters. The number of aromatic nitrogens is 2. The van der Waals surface area contributed by atoms with Crippen LogP contribution < -0.4 is 10.5 Å². The molecule has 0 fully saturated rings. The molecule has 2 N–H and O–H groups in total. The van der Waals surface area contributed by atoms with Gasteiger partial charge in [-0.3, -0.25) is 4.98 Å². The second-order valence-corrected chi connectivity index (χ2v) is 9.29. The fraction of sp³-hybridized carbons (Fsp3) is 0.412. The number of aryl methyl sites for hydroxylation is 3. The predicted octanol–water partition coefficient (Wildman–Crippen LogP) is 2.37. The molecule has 1 aliphatic rings. The first-order valence-electron chi connectivity index (χ1n) is 8.61. The van der Waals surface area contributed by atoms with Gasteiger partial charge < -0.3 is 4.42 Å². The van der Waals surface area contributed by atoms with Crippen LogP contribution in [0, 0.1) is 0 Å². The Hall–Kier alpha value is -1.97. The molecular weight excluding hydrogens is 374 g/mol. The molecule has 1 aromatic carbocycles. The molecule has 0 radical (unpaired) electrons. The van der Waals surface area contributed by atoms with Crippen molar-refractivity contribution in [3.05, 3.63) is 44.3 Å². The van der Waals surface area contributed by atoms with Crippen LogP contribution >= 0.6 is 11.3 Å². The zero-order chi connectivity index (χ0) is 18.1. The fourth-order valence-electron chi connectivity index (χ4n) is 3.13. The summed E-state index contributed by atoms with van der Waals surface area (Å²) in [5.41, 5.74) is 1.94. The van der Waals surface area contributed by atoms with Crippen molar-refractivity contribution in [2.75, 3.05) is 6.54 Å². The van der Waals surface area contributed by atoms with Crippen LogP contribution in [-0.4, -0.2) is 24.9 Å². The Morgan fingerprint density at radius 1 is 1.27 bits per heavy atom. The SMILES string of the molecule is O=c1[nH]c2ccc(S(=O)(=O)NCCCc3nc4c(s3)CCCC4)cc2o1. The third kappa shape index (κ3) is 3.60. The second-order valence-electron chi connectivity index (χ2n) is 6.36. The molecule has 0 aliphatic heterocycles. The van der Waals surface area contributed by atoms with Gasteiger partial charge in [0.2, 0.25) is 10.0 Å². The molecule has 0 saturated carbocycles. The minimum Gasteiger partial charge on any atom is -0.408 e. The summed E-state index contributed by atoms with van der Waals surface area (Å²) in [6, 6.07) is 4.32. The van der Waals surface area contributed by atoms with Crippen LogP contribution in [0.1, 0.15) is 34.8 Å². The molecule has 0 amide bonds. The second kappa shape index (κ2) is 6.98. The number of rotatable bonds is 6. The van der Waals surface area contributed by atoms with Gasteiger partial charge >= 0.3 is 5.76 Å². The maximum Gasteiger partial charge on any atom is 0.417 e. The molecule has 9 heteroatoms. The van der Waals surface area contributed by atoms with Gasteiger partial charge in [0.15, 0.2) is 5.58 Å². The number of hydrogen-bond acceptors (Lipinski definition) is 6. The monoisotopic (exact) mass is 393 g/mol. The van der Waals surface area contributed by atoms with Crippen molar-refractivity contribution in [2.24, 2.45) is 0 Å². The third-order valence-electron chi connectivity index (χ3n) is 4.45. The lowest BCUT2D eigenvalue weighted by atomic mass is 10.0. The quantitative estimate of drug-likeness (QED) is 0.626. The number of fused-ring (bicyclic) bond motifs is 2. The maximum atomic E-state index is 12.4. The highest BCUT2D eigenvalue weighted by Gasteiger charge is 2.17. The van der Waals surface area contributed by atoms with E-state index in [1.165, 1.54) is 41.6 Å². The number of sulfonamides is 1. The lowest BCUT2D eigenvalue weighted by Crippen LogP contribution is -2.25. The molecule has 2 heterocycles. The summed E-state index contributed by atoms with van der Waals surface area (Å²) in [4.78, 5) is 19.8. The summed E-state index contributed by atoms with van der Waals surface area (Å²) in [6.07, 6.45) is 6.09. The Morgan fingerprint density at radius 3 is 2.96 bits per heavy atom. The van der Waals surface area contributed by atoms with Crippen molar-refractivity contribution < 1.29 is 12.8 Å². The van der Waals surface area contributed by atoms with Crippen LogP contribution in [0.15, 0.2) is 32.3 Å². The molecule has 0 spiro atoms. The van der Waals surface area contributed by atoms with Gasteiger partial charge in [0.25, 0.3) is 0 Å². The maximum absolute atomic E-state index is 12.4. The van der Waals surface area contributed by atoms with Crippen LogP contribution in [-0.2, 0) is 29.3 Å². The van der Waals surface area contributed by atoms with Crippen molar-refractivity contribution >= 4 is 32.5 Å². The number of nitrogens with one attached hydrogen (secondary N) is 2. The van der Waals surface area contributed by atoms with Gasteiger partial charge in [-0.2, -0.15) is 0 Å². The number of nitrogens with zero attached hydrogens (tertiary/aromatic N) is 1. The molecule has 1 aliphatic carbocycles. The fourth-order valence-corrected chi connectivity index (χ4v) is 5.42. The van der Waals surface area contributed by atoms with Crippen LogP contribution in [0.5, 0.6) is 0 Å². The molecule has 138 valence electrons. The van der Waals surface area contributed by atoms with Gasteiger partial charge in [0.05, 0.1) is 21.1 Å². The van der Waals surface area contributed by atoms with E-state index in [9.17, 15) is 13.2 Å². The number of aromatic amines is 1. The normalized spacial score (nSPS) is 14.6. The Balaban J connectivity index is 1.36. The predicted molar refractivity (Wildman–Crippen MR) is 99.1 cm³/mol. The zero-order valence-corrected chi connectivity index (χ0v) is 15.7. The van der Waals surface area contributed by atoms with E-state index in [2.05, 4.69) is 14.7 Å². The van der Waals surface area contributed by atoms with Gasteiger partial charge in [-0.25, -0.2) is 22.9 Å². The Labute approximate surface area is 154 Å². The van der Waals surface area contributed by atoms with E-state index >= 15 is 0 Å². The zero-order valence-electron chi connectivity index (χ0n) is 14.1. The van der Waals surface area contributed by atoms with Crippen LogP contribution in [0.3, 0.4) is 0 Å². The van der Waals surface area contributed by atoms with Gasteiger partial charge in [-0.15, -0.1) is 11.3 Å². The number of hydrogen-bond donors (Lipinski definition) is 2. The first-order chi connectivity index (χ1) is 12.5. The van der Waals surface area contributed by atoms with Crippen molar-refractivity contribution in [1.29, 1.82) is 0 Å². The minimum atomic E-state index is -3.64. The van der Waals surface area contributed by atoms with E-state index in [0.717, 1.165) is 24.3 Å². The number of oxazole rings is 1. The van der Waals surface area contributed by atoms with E-state index in [4.69, 9.17) is 4.42 Å². The van der Waals surface area contributed by atoms with Crippen LogP contribution in [0.25, 0.3) is 11.1 Å². The first kappa shape index (κ1) is 17.4. The summed E-state index contributed by atoms with van der Waals surface area (Å²) in [5.74, 6) is -0.603. The Bertz CT molecular complexity index is 1070. The number of H-pyrrole nitrogens is 1. The van der Waals surface area contributed by atoms with E-state index in [1.54, 1.807) is 11.3 Å². The highest BCUT2D eigenvalue weighted by molar-refractivity contribution is 7.89. The first-order valence-corrected chi connectivity index (χ1v) is 10.9. The number of benzene rings is 1. The van der Waals surface area contributed by atoms with Crippen LogP contribution in [0.4, 0.5) is 0 Å². The molecule has 7 nitrogen and oxygen atoms in total. The topological polar surface area (TPSA) is 105 Å². The summed E-state index contributed by atoms with van der Waals surface area (Å²) >= 11 is 1.76. The molecular formula is C17H19N3O4S2. The summed E-state index contributed by atoms with van der Waals surface area (Å²) < 4.78 is 32.3. The average Bonchev–Trinajstić information content (AvgIpc) is 3.19.